The maximum atomic E-state index is 13.4. The quantitative estimate of drug-likeness (QED) is 0.889. The molecule has 94 valence electrons. The summed E-state index contributed by atoms with van der Waals surface area (Å²) in [6.07, 6.45) is 0. The highest BCUT2D eigenvalue weighted by Gasteiger charge is 2.10. The zero-order chi connectivity index (χ0) is 13.1. The summed E-state index contributed by atoms with van der Waals surface area (Å²) in [7, 11) is 0. The lowest BCUT2D eigenvalue weighted by Crippen LogP contribution is -2.03. The molecule has 3 nitrogen and oxygen atoms in total. The number of benzene rings is 1. The van der Waals surface area contributed by atoms with Gasteiger partial charge in [0, 0.05) is 22.0 Å². The van der Waals surface area contributed by atoms with Crippen LogP contribution in [0, 0.1) is 12.7 Å². The number of aryl methyl sites for hydroxylation is 1. The van der Waals surface area contributed by atoms with Crippen molar-refractivity contribution in [2.45, 2.75) is 13.5 Å². The van der Waals surface area contributed by atoms with Crippen molar-refractivity contribution in [1.82, 2.24) is 0 Å². The number of carbonyl (C=O) groups is 1. The second kappa shape index (κ2) is 5.18. The maximum Gasteiger partial charge on any atom is 0.338 e. The van der Waals surface area contributed by atoms with Gasteiger partial charge in [0.25, 0.3) is 0 Å². The number of aromatic carboxylic acids is 1. The Hall–Kier alpha value is -1.88. The average molecular weight is 265 g/mol. The minimum atomic E-state index is -1.26. The number of hydrogen-bond donors (Lipinski definition) is 2. The number of nitrogens with one attached hydrogen (secondary N) is 1. The number of carboxylic acid groups (broad SMARTS) is 1. The van der Waals surface area contributed by atoms with Gasteiger partial charge in [-0.15, -0.1) is 11.3 Å². The topological polar surface area (TPSA) is 49.3 Å². The molecule has 0 aliphatic heterocycles. The number of anilines is 1. The zero-order valence-electron chi connectivity index (χ0n) is 9.74. The summed E-state index contributed by atoms with van der Waals surface area (Å²) in [5.41, 5.74) is 0.260. The van der Waals surface area contributed by atoms with Gasteiger partial charge in [-0.1, -0.05) is 0 Å². The van der Waals surface area contributed by atoms with E-state index in [9.17, 15) is 9.18 Å². The molecule has 0 saturated heterocycles. The molecule has 0 unspecified atom stereocenters. The van der Waals surface area contributed by atoms with Gasteiger partial charge in [-0.3, -0.25) is 0 Å². The summed E-state index contributed by atoms with van der Waals surface area (Å²) in [6.45, 7) is 2.62. The molecule has 0 radical (unpaired) electrons. The number of rotatable bonds is 4. The van der Waals surface area contributed by atoms with Crippen molar-refractivity contribution in [2.75, 3.05) is 5.32 Å². The third-order valence-electron chi connectivity index (χ3n) is 2.46. The van der Waals surface area contributed by atoms with Crippen molar-refractivity contribution in [3.05, 3.63) is 51.5 Å². The van der Waals surface area contributed by atoms with Crippen molar-refractivity contribution < 1.29 is 14.3 Å². The highest BCUT2D eigenvalue weighted by Crippen LogP contribution is 2.19. The van der Waals surface area contributed by atoms with E-state index in [1.165, 1.54) is 17.0 Å². The molecule has 1 aromatic heterocycles. The SMILES string of the molecule is Cc1ccc(CNc2ccc(C(=O)O)c(F)c2)s1. The van der Waals surface area contributed by atoms with Gasteiger partial charge in [-0.25, -0.2) is 9.18 Å². The molecule has 2 N–H and O–H groups in total. The fraction of sp³-hybridized carbons (Fsp3) is 0.154. The Balaban J connectivity index is 2.06. The van der Waals surface area contributed by atoms with E-state index >= 15 is 0 Å². The molecule has 2 rings (SSSR count). The van der Waals surface area contributed by atoms with Gasteiger partial charge in [0.15, 0.2) is 0 Å². The molecule has 0 aliphatic carbocycles. The smallest absolute Gasteiger partial charge is 0.338 e. The van der Waals surface area contributed by atoms with Crippen LogP contribution in [0.5, 0.6) is 0 Å². The van der Waals surface area contributed by atoms with Crippen LogP contribution in [-0.2, 0) is 6.54 Å². The largest absolute Gasteiger partial charge is 0.478 e. The summed E-state index contributed by atoms with van der Waals surface area (Å²) in [5.74, 6) is -1.98. The predicted octanol–water partition coefficient (Wildman–Crippen LogP) is 3.51. The Morgan fingerprint density at radius 1 is 1.39 bits per heavy atom. The molecule has 5 heteroatoms. The van der Waals surface area contributed by atoms with E-state index in [4.69, 9.17) is 5.11 Å². The maximum absolute atomic E-state index is 13.4. The monoisotopic (exact) mass is 265 g/mol. The van der Waals surface area contributed by atoms with Crippen molar-refractivity contribution in [1.29, 1.82) is 0 Å². The van der Waals surface area contributed by atoms with Crippen LogP contribution in [0.25, 0.3) is 0 Å². The molecule has 2 aromatic rings. The summed E-state index contributed by atoms with van der Waals surface area (Å²) in [4.78, 5) is 13.0. The Kier molecular flexibility index (Phi) is 3.62. The summed E-state index contributed by atoms with van der Waals surface area (Å²) >= 11 is 1.67. The molecular formula is C13H12FNO2S. The van der Waals surface area contributed by atoms with E-state index in [-0.39, 0.29) is 5.56 Å². The fourth-order valence-corrected chi connectivity index (χ4v) is 2.40. The second-order valence-electron chi connectivity index (χ2n) is 3.87. The lowest BCUT2D eigenvalue weighted by Gasteiger charge is -2.06. The van der Waals surface area contributed by atoms with Crippen LogP contribution in [0.15, 0.2) is 30.3 Å². The van der Waals surface area contributed by atoms with Crippen LogP contribution < -0.4 is 5.32 Å². The van der Waals surface area contributed by atoms with Crippen molar-refractivity contribution in [3.63, 3.8) is 0 Å². The van der Waals surface area contributed by atoms with Crippen LogP contribution >= 0.6 is 11.3 Å². The van der Waals surface area contributed by atoms with Gasteiger partial charge in [-0.2, -0.15) is 0 Å². The van der Waals surface area contributed by atoms with Crippen LogP contribution in [0.4, 0.5) is 10.1 Å². The van der Waals surface area contributed by atoms with E-state index in [2.05, 4.69) is 5.32 Å². The first-order chi connectivity index (χ1) is 8.56. The molecule has 0 atom stereocenters. The Labute approximate surface area is 108 Å². The second-order valence-corrected chi connectivity index (χ2v) is 5.24. The summed E-state index contributed by atoms with van der Waals surface area (Å²) in [5, 5.41) is 11.8. The van der Waals surface area contributed by atoms with Gasteiger partial charge >= 0.3 is 5.97 Å². The molecule has 0 aliphatic rings. The van der Waals surface area contributed by atoms with E-state index < -0.39 is 11.8 Å². The number of thiophene rings is 1. The van der Waals surface area contributed by atoms with E-state index in [1.54, 1.807) is 17.4 Å². The van der Waals surface area contributed by atoms with Gasteiger partial charge in [0.2, 0.25) is 0 Å². The first-order valence-electron chi connectivity index (χ1n) is 5.38. The molecule has 1 heterocycles. The van der Waals surface area contributed by atoms with E-state index in [1.807, 2.05) is 19.1 Å². The van der Waals surface area contributed by atoms with E-state index in [0.717, 1.165) is 4.88 Å². The average Bonchev–Trinajstić information content (AvgIpc) is 2.72. The van der Waals surface area contributed by atoms with Gasteiger partial charge in [0.05, 0.1) is 5.56 Å². The van der Waals surface area contributed by atoms with Crippen LogP contribution in [0.2, 0.25) is 0 Å². The van der Waals surface area contributed by atoms with Gasteiger partial charge < -0.3 is 10.4 Å². The first-order valence-corrected chi connectivity index (χ1v) is 6.20. The third kappa shape index (κ3) is 2.87. The Morgan fingerprint density at radius 2 is 2.17 bits per heavy atom. The number of hydrogen-bond acceptors (Lipinski definition) is 3. The lowest BCUT2D eigenvalue weighted by atomic mass is 10.2. The van der Waals surface area contributed by atoms with Gasteiger partial charge in [0.1, 0.15) is 5.82 Å². The summed E-state index contributed by atoms with van der Waals surface area (Å²) < 4.78 is 13.4. The summed E-state index contributed by atoms with van der Waals surface area (Å²) in [6, 6.07) is 8.06. The van der Waals surface area contributed by atoms with E-state index in [0.29, 0.717) is 12.2 Å². The number of halogens is 1. The van der Waals surface area contributed by atoms with Crippen molar-refractivity contribution in [3.8, 4) is 0 Å². The fourth-order valence-electron chi connectivity index (χ4n) is 1.57. The minimum Gasteiger partial charge on any atom is -0.478 e. The van der Waals surface area contributed by atoms with Crippen molar-refractivity contribution in [2.24, 2.45) is 0 Å². The zero-order valence-corrected chi connectivity index (χ0v) is 10.6. The Bertz CT molecular complexity index is 580. The predicted molar refractivity (Wildman–Crippen MR) is 69.7 cm³/mol. The molecule has 0 amide bonds. The van der Waals surface area contributed by atoms with Crippen LogP contribution in [0.1, 0.15) is 20.1 Å². The Morgan fingerprint density at radius 3 is 2.72 bits per heavy atom. The molecule has 18 heavy (non-hydrogen) atoms. The molecule has 1 aromatic carbocycles. The molecule has 0 bridgehead atoms. The molecule has 0 saturated carbocycles. The first kappa shape index (κ1) is 12.6. The highest BCUT2D eigenvalue weighted by molar-refractivity contribution is 7.11. The minimum absolute atomic E-state index is 0.312. The van der Waals surface area contributed by atoms with Crippen molar-refractivity contribution >= 4 is 23.0 Å². The van der Waals surface area contributed by atoms with Gasteiger partial charge in [-0.05, 0) is 37.3 Å². The number of carboxylic acids is 1. The van der Waals surface area contributed by atoms with Crippen LogP contribution in [0.3, 0.4) is 0 Å². The molecule has 0 spiro atoms. The highest BCUT2D eigenvalue weighted by atomic mass is 32.1. The molecule has 0 fully saturated rings. The third-order valence-corrected chi connectivity index (χ3v) is 3.46. The molecular weight excluding hydrogens is 253 g/mol. The lowest BCUT2D eigenvalue weighted by molar-refractivity contribution is 0.0692. The standard InChI is InChI=1S/C13H12FNO2S/c1-8-2-4-10(18-8)7-15-9-3-5-11(13(16)17)12(14)6-9/h2-6,15H,7H2,1H3,(H,16,17). The normalized spacial score (nSPS) is 10.3. The van der Waals surface area contributed by atoms with Crippen LogP contribution in [-0.4, -0.2) is 11.1 Å².